The molecule has 2 aromatic heterocycles. The molecule has 0 bridgehead atoms. The summed E-state index contributed by atoms with van der Waals surface area (Å²) in [6.45, 7) is 3.44. The van der Waals surface area contributed by atoms with E-state index in [0.29, 0.717) is 25.4 Å². The molecule has 2 aromatic rings. The predicted molar refractivity (Wildman–Crippen MR) is 79.3 cm³/mol. The molecule has 0 aliphatic carbocycles. The number of pyridine rings is 1. The van der Waals surface area contributed by atoms with Crippen molar-refractivity contribution in [3.8, 4) is 0 Å². The van der Waals surface area contributed by atoms with Crippen molar-refractivity contribution in [2.75, 3.05) is 20.3 Å². The van der Waals surface area contributed by atoms with Crippen molar-refractivity contribution >= 4 is 5.91 Å². The Hall–Kier alpha value is -2.28. The van der Waals surface area contributed by atoms with Crippen LogP contribution < -0.4 is 0 Å². The number of hydrogen-bond donors (Lipinski definition) is 0. The molecule has 0 spiro atoms. The number of hydrogen-bond acceptors (Lipinski definition) is 5. The summed E-state index contributed by atoms with van der Waals surface area (Å²) in [5.41, 5.74) is 3.17. The fourth-order valence-corrected chi connectivity index (χ4v) is 2.93. The molecule has 116 valence electrons. The van der Waals surface area contributed by atoms with Gasteiger partial charge in [-0.15, -0.1) is 5.10 Å². The normalized spacial score (nSPS) is 17.4. The van der Waals surface area contributed by atoms with Gasteiger partial charge < -0.3 is 9.64 Å². The largest absolute Gasteiger partial charge is 0.384 e. The molecular weight excluding hydrogens is 282 g/mol. The molecular formula is C15H19N5O2. The third-order valence-electron chi connectivity index (χ3n) is 3.87. The van der Waals surface area contributed by atoms with Gasteiger partial charge in [-0.05, 0) is 19.1 Å². The van der Waals surface area contributed by atoms with Crippen LogP contribution in [0, 0.1) is 6.92 Å². The molecule has 0 unspecified atom stereocenters. The zero-order chi connectivity index (χ0) is 15.7. The number of amides is 1. The predicted octanol–water partition coefficient (Wildman–Crippen LogP) is 0.905. The molecule has 22 heavy (non-hydrogen) atoms. The summed E-state index contributed by atoms with van der Waals surface area (Å²) in [7, 11) is 3.53. The summed E-state index contributed by atoms with van der Waals surface area (Å²) in [5, 5.41) is 8.24. The minimum Gasteiger partial charge on any atom is -0.384 e. The van der Waals surface area contributed by atoms with Gasteiger partial charge in [-0.1, -0.05) is 11.3 Å². The molecule has 0 fully saturated rings. The van der Waals surface area contributed by atoms with E-state index in [2.05, 4.69) is 15.3 Å². The Morgan fingerprint density at radius 2 is 2.27 bits per heavy atom. The fraction of sp³-hybridized carbons (Fsp3) is 0.467. The number of nitrogens with zero attached hydrogens (tertiary/aromatic N) is 5. The van der Waals surface area contributed by atoms with Crippen molar-refractivity contribution in [3.63, 3.8) is 0 Å². The smallest absolute Gasteiger partial charge is 0.272 e. The van der Waals surface area contributed by atoms with Crippen molar-refractivity contribution in [2.24, 2.45) is 7.05 Å². The first-order chi connectivity index (χ1) is 10.6. The molecule has 0 aromatic carbocycles. The highest BCUT2D eigenvalue weighted by Crippen LogP contribution is 2.27. The summed E-state index contributed by atoms with van der Waals surface area (Å²) < 4.78 is 7.06. The van der Waals surface area contributed by atoms with E-state index >= 15 is 0 Å². The van der Waals surface area contributed by atoms with Crippen molar-refractivity contribution in [1.29, 1.82) is 0 Å². The highest BCUT2D eigenvalue weighted by atomic mass is 16.5. The Kier molecular flexibility index (Phi) is 3.89. The second kappa shape index (κ2) is 5.84. The van der Waals surface area contributed by atoms with Crippen LogP contribution in [-0.4, -0.2) is 51.0 Å². The van der Waals surface area contributed by atoms with Crippen LogP contribution in [0.3, 0.4) is 0 Å². The van der Waals surface area contributed by atoms with Gasteiger partial charge in [-0.2, -0.15) is 0 Å². The molecule has 1 amide bonds. The zero-order valence-electron chi connectivity index (χ0n) is 13.0. The molecule has 7 heteroatoms. The van der Waals surface area contributed by atoms with Gasteiger partial charge in [0.25, 0.3) is 5.91 Å². The Bertz CT molecular complexity index is 697. The SMILES string of the molecule is COC[C@@H]1CN(C(=O)c2cccc(C)n2)Cc2nnn(C)c21. The van der Waals surface area contributed by atoms with E-state index in [1.807, 2.05) is 26.1 Å². The van der Waals surface area contributed by atoms with Gasteiger partial charge in [0.15, 0.2) is 0 Å². The summed E-state index contributed by atoms with van der Waals surface area (Å²) in [6, 6.07) is 5.47. The lowest BCUT2D eigenvalue weighted by molar-refractivity contribution is 0.0667. The Morgan fingerprint density at radius 3 is 3.00 bits per heavy atom. The maximum absolute atomic E-state index is 12.7. The third kappa shape index (κ3) is 2.59. The third-order valence-corrected chi connectivity index (χ3v) is 3.87. The Labute approximate surface area is 128 Å². The summed E-state index contributed by atoms with van der Waals surface area (Å²) in [6.07, 6.45) is 0. The highest BCUT2D eigenvalue weighted by molar-refractivity contribution is 5.92. The van der Waals surface area contributed by atoms with Crippen LogP contribution >= 0.6 is 0 Å². The first-order valence-corrected chi connectivity index (χ1v) is 7.20. The van der Waals surface area contributed by atoms with Crippen LogP contribution in [0.15, 0.2) is 18.2 Å². The number of rotatable bonds is 3. The van der Waals surface area contributed by atoms with Crippen LogP contribution in [0.5, 0.6) is 0 Å². The number of fused-ring (bicyclic) bond motifs is 1. The summed E-state index contributed by atoms with van der Waals surface area (Å²) in [4.78, 5) is 18.8. The van der Waals surface area contributed by atoms with Gasteiger partial charge >= 0.3 is 0 Å². The van der Waals surface area contributed by atoms with E-state index in [4.69, 9.17) is 4.74 Å². The topological polar surface area (TPSA) is 73.1 Å². The average Bonchev–Trinajstić information content (AvgIpc) is 2.88. The van der Waals surface area contributed by atoms with Crippen molar-refractivity contribution in [2.45, 2.75) is 19.4 Å². The Morgan fingerprint density at radius 1 is 1.45 bits per heavy atom. The first-order valence-electron chi connectivity index (χ1n) is 7.20. The van der Waals surface area contributed by atoms with E-state index in [-0.39, 0.29) is 11.8 Å². The van der Waals surface area contributed by atoms with Crippen LogP contribution in [0.1, 0.15) is 33.5 Å². The monoisotopic (exact) mass is 301 g/mol. The molecule has 0 radical (unpaired) electrons. The molecule has 7 nitrogen and oxygen atoms in total. The van der Waals surface area contributed by atoms with Crippen molar-refractivity contribution < 1.29 is 9.53 Å². The first kappa shape index (κ1) is 14.6. The highest BCUT2D eigenvalue weighted by Gasteiger charge is 2.33. The number of carbonyl (C=O) groups excluding carboxylic acids is 1. The molecule has 1 aliphatic rings. The van der Waals surface area contributed by atoms with Gasteiger partial charge in [-0.3, -0.25) is 9.48 Å². The van der Waals surface area contributed by atoms with Crippen LogP contribution in [0.2, 0.25) is 0 Å². The van der Waals surface area contributed by atoms with E-state index in [1.54, 1.807) is 22.8 Å². The maximum atomic E-state index is 12.7. The van der Waals surface area contributed by atoms with Gasteiger partial charge in [-0.25, -0.2) is 4.98 Å². The molecule has 3 rings (SSSR count). The van der Waals surface area contributed by atoms with E-state index in [9.17, 15) is 4.79 Å². The van der Waals surface area contributed by atoms with Gasteiger partial charge in [0.2, 0.25) is 0 Å². The van der Waals surface area contributed by atoms with Crippen LogP contribution in [0.4, 0.5) is 0 Å². The van der Waals surface area contributed by atoms with Crippen molar-refractivity contribution in [1.82, 2.24) is 24.9 Å². The van der Waals surface area contributed by atoms with Gasteiger partial charge in [0.05, 0.1) is 18.8 Å². The molecule has 1 atom stereocenters. The zero-order valence-corrected chi connectivity index (χ0v) is 13.0. The van der Waals surface area contributed by atoms with E-state index in [0.717, 1.165) is 17.1 Å². The molecule has 0 saturated carbocycles. The van der Waals surface area contributed by atoms with Crippen molar-refractivity contribution in [3.05, 3.63) is 41.0 Å². The molecule has 1 aliphatic heterocycles. The Balaban J connectivity index is 1.89. The van der Waals surface area contributed by atoms with Crippen LogP contribution in [0.25, 0.3) is 0 Å². The number of methoxy groups -OCH3 is 1. The second-order valence-electron chi connectivity index (χ2n) is 5.55. The minimum atomic E-state index is -0.0823. The standard InChI is InChI=1S/C15H19N5O2/c1-10-5-4-6-12(16-10)15(21)20-7-11(9-22-3)14-13(8-20)17-18-19(14)2/h4-6,11H,7-9H2,1-3H3/t11-/m0/s1. The molecule has 0 N–H and O–H groups in total. The number of ether oxygens (including phenoxy) is 1. The lowest BCUT2D eigenvalue weighted by Crippen LogP contribution is -2.40. The maximum Gasteiger partial charge on any atom is 0.272 e. The number of aromatic nitrogens is 4. The molecule has 3 heterocycles. The second-order valence-corrected chi connectivity index (χ2v) is 5.55. The van der Waals surface area contributed by atoms with E-state index < -0.39 is 0 Å². The lowest BCUT2D eigenvalue weighted by atomic mass is 9.98. The summed E-state index contributed by atoms with van der Waals surface area (Å²) >= 11 is 0. The molecule has 0 saturated heterocycles. The number of aryl methyl sites for hydroxylation is 2. The quantitative estimate of drug-likeness (QED) is 0.842. The van der Waals surface area contributed by atoms with Gasteiger partial charge in [0, 0.05) is 32.3 Å². The van der Waals surface area contributed by atoms with E-state index in [1.165, 1.54) is 0 Å². The minimum absolute atomic E-state index is 0.0718. The fourth-order valence-electron chi connectivity index (χ4n) is 2.93. The lowest BCUT2D eigenvalue weighted by Gasteiger charge is -2.31. The summed E-state index contributed by atoms with van der Waals surface area (Å²) in [5.74, 6) is -0.0105. The van der Waals surface area contributed by atoms with Gasteiger partial charge in [0.1, 0.15) is 11.4 Å². The van der Waals surface area contributed by atoms with Crippen LogP contribution in [-0.2, 0) is 18.3 Å². The average molecular weight is 301 g/mol. The number of carbonyl (C=O) groups is 1.